The summed E-state index contributed by atoms with van der Waals surface area (Å²) in [6.45, 7) is 4.48. The number of nitrogens with one attached hydrogen (secondary N) is 2. The molecule has 0 spiro atoms. The van der Waals surface area contributed by atoms with Gasteiger partial charge in [0.05, 0.1) is 30.1 Å². The Morgan fingerprint density at radius 2 is 1.79 bits per heavy atom. The Bertz CT molecular complexity index is 1190. The van der Waals surface area contributed by atoms with Gasteiger partial charge in [0.15, 0.2) is 0 Å². The quantitative estimate of drug-likeness (QED) is 0.280. The topological polar surface area (TPSA) is 87.6 Å². The van der Waals surface area contributed by atoms with Gasteiger partial charge in [-0.2, -0.15) is 20.1 Å². The van der Waals surface area contributed by atoms with E-state index in [0.717, 1.165) is 15.7 Å². The second kappa shape index (κ2) is 10.8. The molecule has 1 fully saturated rings. The summed E-state index contributed by atoms with van der Waals surface area (Å²) in [6.07, 6.45) is 1.57. The van der Waals surface area contributed by atoms with Crippen molar-refractivity contribution in [2.24, 2.45) is 5.10 Å². The largest absolute Gasteiger partial charge is 0.378 e. The highest BCUT2D eigenvalue weighted by molar-refractivity contribution is 9.10. The summed E-state index contributed by atoms with van der Waals surface area (Å²) >= 11 is 22.0. The SMILES string of the molecule is Cc1cc(Br)c(Nc2nc(N/N=C\c3ccc(Cl)cc3Cl)nc(N3CCOCC3)n2)cc1Cl. The van der Waals surface area contributed by atoms with Gasteiger partial charge in [0.25, 0.3) is 0 Å². The first-order valence-corrected chi connectivity index (χ1v) is 11.9. The third-order valence-electron chi connectivity index (χ3n) is 4.74. The summed E-state index contributed by atoms with van der Waals surface area (Å²) in [7, 11) is 0. The van der Waals surface area contributed by atoms with Crippen molar-refractivity contribution >= 4 is 80.5 Å². The van der Waals surface area contributed by atoms with Crippen LogP contribution in [-0.4, -0.2) is 47.5 Å². The number of nitrogens with zero attached hydrogens (tertiary/aromatic N) is 5. The number of benzene rings is 2. The standard InChI is InChI=1S/C21H19BrCl3N7O/c1-12-8-15(22)18(10-16(12)24)27-19-28-20(30-21(29-19)32-4-6-33-7-5-32)31-26-11-13-2-3-14(23)9-17(13)25/h2-3,8-11H,4-7H2,1H3,(H2,27,28,29,30,31)/b26-11-. The first-order valence-electron chi connectivity index (χ1n) is 9.94. The van der Waals surface area contributed by atoms with Crippen molar-refractivity contribution in [1.82, 2.24) is 15.0 Å². The number of ether oxygens (including phenoxy) is 1. The molecule has 2 N–H and O–H groups in total. The van der Waals surface area contributed by atoms with Crippen LogP contribution in [0, 0.1) is 6.92 Å². The predicted octanol–water partition coefficient (Wildman–Crippen LogP) is 5.93. The summed E-state index contributed by atoms with van der Waals surface area (Å²) in [4.78, 5) is 15.6. The summed E-state index contributed by atoms with van der Waals surface area (Å²) in [5.41, 5.74) is 5.24. The molecule has 12 heteroatoms. The zero-order valence-corrected chi connectivity index (χ0v) is 21.3. The molecule has 0 atom stereocenters. The highest BCUT2D eigenvalue weighted by Gasteiger charge is 2.17. The van der Waals surface area contributed by atoms with Crippen LogP contribution in [0.15, 0.2) is 39.9 Å². The van der Waals surface area contributed by atoms with Gasteiger partial charge in [-0.05, 0) is 52.7 Å². The van der Waals surface area contributed by atoms with Gasteiger partial charge < -0.3 is 15.0 Å². The van der Waals surface area contributed by atoms with Gasteiger partial charge in [-0.3, -0.25) is 0 Å². The fourth-order valence-electron chi connectivity index (χ4n) is 3.00. The molecule has 0 aliphatic carbocycles. The van der Waals surface area contributed by atoms with E-state index in [0.29, 0.717) is 58.8 Å². The lowest BCUT2D eigenvalue weighted by atomic mass is 10.2. The highest BCUT2D eigenvalue weighted by Crippen LogP contribution is 2.31. The fourth-order valence-corrected chi connectivity index (χ4v) is 4.18. The minimum Gasteiger partial charge on any atom is -0.378 e. The van der Waals surface area contributed by atoms with E-state index in [1.807, 2.05) is 24.0 Å². The molecule has 0 radical (unpaired) electrons. The minimum absolute atomic E-state index is 0.268. The minimum atomic E-state index is 0.268. The number of morpholine rings is 1. The lowest BCUT2D eigenvalue weighted by Gasteiger charge is -2.27. The number of hydrogen-bond acceptors (Lipinski definition) is 8. The van der Waals surface area contributed by atoms with Crippen LogP contribution in [0.25, 0.3) is 0 Å². The van der Waals surface area contributed by atoms with Gasteiger partial charge in [-0.15, -0.1) is 0 Å². The molecular formula is C21H19BrCl3N7O. The van der Waals surface area contributed by atoms with E-state index in [-0.39, 0.29) is 5.95 Å². The molecule has 0 amide bonds. The average Bonchev–Trinajstić information content (AvgIpc) is 2.79. The van der Waals surface area contributed by atoms with Crippen molar-refractivity contribution in [2.75, 3.05) is 41.9 Å². The van der Waals surface area contributed by atoms with E-state index in [4.69, 9.17) is 39.5 Å². The van der Waals surface area contributed by atoms with E-state index < -0.39 is 0 Å². The maximum atomic E-state index is 6.30. The molecule has 0 bridgehead atoms. The molecule has 1 aliphatic rings. The van der Waals surface area contributed by atoms with Crippen LogP contribution in [0.1, 0.15) is 11.1 Å². The third-order valence-corrected chi connectivity index (χ3v) is 6.37. The van der Waals surface area contributed by atoms with Crippen LogP contribution < -0.4 is 15.6 Å². The zero-order valence-electron chi connectivity index (χ0n) is 17.4. The number of hydrazone groups is 1. The zero-order chi connectivity index (χ0) is 23.4. The van der Waals surface area contributed by atoms with Crippen LogP contribution in [0.3, 0.4) is 0 Å². The van der Waals surface area contributed by atoms with Crippen molar-refractivity contribution in [3.63, 3.8) is 0 Å². The number of aromatic nitrogens is 3. The summed E-state index contributed by atoms with van der Waals surface area (Å²) in [5, 5.41) is 9.10. The molecule has 33 heavy (non-hydrogen) atoms. The molecule has 4 rings (SSSR count). The van der Waals surface area contributed by atoms with E-state index in [2.05, 4.69) is 46.7 Å². The third kappa shape index (κ3) is 6.24. The Hall–Kier alpha value is -2.17. The van der Waals surface area contributed by atoms with Crippen molar-refractivity contribution in [3.8, 4) is 0 Å². The molecule has 1 saturated heterocycles. The van der Waals surface area contributed by atoms with Gasteiger partial charge in [-0.25, -0.2) is 5.43 Å². The molecule has 172 valence electrons. The number of hydrogen-bond donors (Lipinski definition) is 2. The lowest BCUT2D eigenvalue weighted by molar-refractivity contribution is 0.122. The maximum Gasteiger partial charge on any atom is 0.250 e. The predicted molar refractivity (Wildman–Crippen MR) is 138 cm³/mol. The summed E-state index contributed by atoms with van der Waals surface area (Å²) < 4.78 is 6.28. The number of rotatable bonds is 6. The monoisotopic (exact) mass is 569 g/mol. The first kappa shape index (κ1) is 24.0. The van der Waals surface area contributed by atoms with Gasteiger partial charge >= 0.3 is 0 Å². The van der Waals surface area contributed by atoms with Crippen molar-refractivity contribution in [1.29, 1.82) is 0 Å². The Morgan fingerprint density at radius 3 is 2.55 bits per heavy atom. The number of halogens is 4. The van der Waals surface area contributed by atoms with E-state index in [1.165, 1.54) is 0 Å². The molecule has 0 unspecified atom stereocenters. The molecule has 1 aromatic heterocycles. The summed E-state index contributed by atoms with van der Waals surface area (Å²) in [6, 6.07) is 8.90. The van der Waals surface area contributed by atoms with Crippen molar-refractivity contribution < 1.29 is 4.74 Å². The van der Waals surface area contributed by atoms with Crippen LogP contribution in [-0.2, 0) is 4.74 Å². The van der Waals surface area contributed by atoms with E-state index in [9.17, 15) is 0 Å². The Morgan fingerprint density at radius 1 is 1.03 bits per heavy atom. The second-order valence-corrected chi connectivity index (χ2v) is 9.23. The second-order valence-electron chi connectivity index (χ2n) is 7.12. The Kier molecular flexibility index (Phi) is 7.87. The molecule has 2 aromatic carbocycles. The van der Waals surface area contributed by atoms with Gasteiger partial charge in [0.2, 0.25) is 17.8 Å². The first-order chi connectivity index (χ1) is 15.9. The normalized spacial score (nSPS) is 14.0. The summed E-state index contributed by atoms with van der Waals surface area (Å²) in [5.74, 6) is 1.12. The maximum absolute atomic E-state index is 6.30. The van der Waals surface area contributed by atoms with Crippen LogP contribution in [0.2, 0.25) is 15.1 Å². The molecule has 1 aliphatic heterocycles. The molecular weight excluding hydrogens is 553 g/mol. The highest BCUT2D eigenvalue weighted by atomic mass is 79.9. The lowest BCUT2D eigenvalue weighted by Crippen LogP contribution is -2.37. The van der Waals surface area contributed by atoms with E-state index in [1.54, 1.807) is 24.4 Å². The molecule has 3 aromatic rings. The van der Waals surface area contributed by atoms with E-state index >= 15 is 0 Å². The van der Waals surface area contributed by atoms with Crippen LogP contribution >= 0.6 is 50.7 Å². The Labute approximate surface area is 214 Å². The molecule has 8 nitrogen and oxygen atoms in total. The fraction of sp³-hybridized carbons (Fsp3) is 0.238. The van der Waals surface area contributed by atoms with Gasteiger partial charge in [-0.1, -0.05) is 40.9 Å². The molecule has 0 saturated carbocycles. The van der Waals surface area contributed by atoms with Crippen LogP contribution in [0.4, 0.5) is 23.5 Å². The van der Waals surface area contributed by atoms with Crippen LogP contribution in [0.5, 0.6) is 0 Å². The van der Waals surface area contributed by atoms with Gasteiger partial charge in [0, 0.05) is 33.2 Å². The van der Waals surface area contributed by atoms with Crippen molar-refractivity contribution in [2.45, 2.75) is 6.92 Å². The van der Waals surface area contributed by atoms with Gasteiger partial charge in [0.1, 0.15) is 0 Å². The Balaban J connectivity index is 1.61. The smallest absolute Gasteiger partial charge is 0.250 e. The number of aryl methyl sites for hydroxylation is 1. The molecule has 2 heterocycles. The van der Waals surface area contributed by atoms with Crippen molar-refractivity contribution in [3.05, 3.63) is 61.0 Å². The average molecular weight is 572 g/mol. The number of anilines is 4.